The molecule has 0 aliphatic rings. The van der Waals surface area contributed by atoms with Crippen LogP contribution in [0.25, 0.3) is 11.3 Å². The molecule has 0 aliphatic heterocycles. The van der Waals surface area contributed by atoms with Crippen molar-refractivity contribution in [3.8, 4) is 17.0 Å². The van der Waals surface area contributed by atoms with Crippen LogP contribution in [-0.2, 0) is 4.74 Å². The Morgan fingerprint density at radius 1 is 1.16 bits per heavy atom. The number of esters is 1. The molecule has 0 saturated heterocycles. The predicted octanol–water partition coefficient (Wildman–Crippen LogP) is 2.05. The number of aromatic nitrogens is 3. The van der Waals surface area contributed by atoms with E-state index in [1.54, 1.807) is 6.92 Å². The molecular formula is C13H15N3O3. The zero-order chi connectivity index (χ0) is 13.7. The van der Waals surface area contributed by atoms with Crippen molar-refractivity contribution in [3.05, 3.63) is 30.0 Å². The Morgan fingerprint density at radius 3 is 2.53 bits per heavy atom. The summed E-state index contributed by atoms with van der Waals surface area (Å²) in [6, 6.07) is 7.29. The lowest BCUT2D eigenvalue weighted by molar-refractivity contribution is 0.0520. The van der Waals surface area contributed by atoms with Crippen molar-refractivity contribution in [1.29, 1.82) is 0 Å². The van der Waals surface area contributed by atoms with Crippen LogP contribution in [0.1, 0.15) is 24.3 Å². The van der Waals surface area contributed by atoms with Crippen molar-refractivity contribution in [2.45, 2.75) is 13.8 Å². The van der Waals surface area contributed by atoms with E-state index in [-0.39, 0.29) is 5.69 Å². The smallest absolute Gasteiger partial charge is 0.361 e. The molecule has 0 fully saturated rings. The molecule has 0 bridgehead atoms. The molecule has 0 radical (unpaired) electrons. The third-order valence-electron chi connectivity index (χ3n) is 2.46. The molecule has 6 heteroatoms. The number of aromatic amines is 1. The molecule has 6 nitrogen and oxygen atoms in total. The Labute approximate surface area is 110 Å². The van der Waals surface area contributed by atoms with Gasteiger partial charge in [0.2, 0.25) is 0 Å². The number of carbonyl (C=O) groups is 1. The van der Waals surface area contributed by atoms with Crippen LogP contribution in [-0.4, -0.2) is 34.6 Å². The Kier molecular flexibility index (Phi) is 4.12. The molecule has 0 aliphatic carbocycles. The lowest BCUT2D eigenvalue weighted by atomic mass is 10.1. The normalized spacial score (nSPS) is 10.2. The quantitative estimate of drug-likeness (QED) is 0.833. The van der Waals surface area contributed by atoms with Gasteiger partial charge in [-0.1, -0.05) is 0 Å². The highest BCUT2D eigenvalue weighted by Crippen LogP contribution is 2.23. The summed E-state index contributed by atoms with van der Waals surface area (Å²) in [7, 11) is 0. The summed E-state index contributed by atoms with van der Waals surface area (Å²) in [5.74, 6) is 0.285. The van der Waals surface area contributed by atoms with Gasteiger partial charge in [0.25, 0.3) is 0 Å². The van der Waals surface area contributed by atoms with E-state index in [2.05, 4.69) is 15.4 Å². The number of nitrogens with zero attached hydrogens (tertiary/aromatic N) is 2. The minimum absolute atomic E-state index is 0.186. The highest BCUT2D eigenvalue weighted by Gasteiger charge is 2.18. The first-order valence-electron chi connectivity index (χ1n) is 6.07. The van der Waals surface area contributed by atoms with E-state index in [9.17, 15) is 4.79 Å². The fourth-order valence-electron chi connectivity index (χ4n) is 1.65. The van der Waals surface area contributed by atoms with E-state index in [4.69, 9.17) is 9.47 Å². The van der Waals surface area contributed by atoms with Gasteiger partial charge in [0.15, 0.2) is 5.69 Å². The van der Waals surface area contributed by atoms with Gasteiger partial charge in [-0.3, -0.25) is 0 Å². The number of carbonyl (C=O) groups excluding carboxylic acids is 1. The van der Waals surface area contributed by atoms with Gasteiger partial charge in [-0.05, 0) is 38.1 Å². The van der Waals surface area contributed by atoms with Crippen molar-refractivity contribution in [3.63, 3.8) is 0 Å². The average molecular weight is 261 g/mol. The molecule has 0 amide bonds. The molecule has 1 aromatic heterocycles. The SMILES string of the molecule is CCOC(=O)c1n[nH]nc1-c1ccc(OCC)cc1. The fourth-order valence-corrected chi connectivity index (χ4v) is 1.65. The zero-order valence-corrected chi connectivity index (χ0v) is 10.8. The number of rotatable bonds is 5. The van der Waals surface area contributed by atoms with Crippen LogP contribution in [0.15, 0.2) is 24.3 Å². The molecule has 19 heavy (non-hydrogen) atoms. The van der Waals surface area contributed by atoms with Gasteiger partial charge in [0, 0.05) is 5.56 Å². The second-order valence-electron chi connectivity index (χ2n) is 3.70. The Bertz CT molecular complexity index is 549. The summed E-state index contributed by atoms with van der Waals surface area (Å²) < 4.78 is 10.3. The van der Waals surface area contributed by atoms with Crippen LogP contribution >= 0.6 is 0 Å². The second-order valence-corrected chi connectivity index (χ2v) is 3.70. The first kappa shape index (κ1) is 13.1. The molecule has 100 valence electrons. The van der Waals surface area contributed by atoms with Crippen LogP contribution in [0.5, 0.6) is 5.75 Å². The molecule has 1 aromatic carbocycles. The van der Waals surface area contributed by atoms with E-state index in [0.717, 1.165) is 11.3 Å². The number of nitrogens with one attached hydrogen (secondary N) is 1. The van der Waals surface area contributed by atoms with Gasteiger partial charge >= 0.3 is 5.97 Å². The lowest BCUT2D eigenvalue weighted by Crippen LogP contribution is -2.06. The number of hydrogen-bond donors (Lipinski definition) is 1. The maximum atomic E-state index is 11.7. The Morgan fingerprint density at radius 2 is 1.89 bits per heavy atom. The highest BCUT2D eigenvalue weighted by atomic mass is 16.5. The molecule has 1 heterocycles. The van der Waals surface area contributed by atoms with Gasteiger partial charge in [-0.15, -0.1) is 5.10 Å². The molecule has 0 unspecified atom stereocenters. The second kappa shape index (κ2) is 5.99. The van der Waals surface area contributed by atoms with Crippen molar-refractivity contribution in [1.82, 2.24) is 15.4 Å². The molecule has 2 rings (SSSR count). The van der Waals surface area contributed by atoms with Gasteiger partial charge in [0.1, 0.15) is 11.4 Å². The molecule has 1 N–H and O–H groups in total. The van der Waals surface area contributed by atoms with Gasteiger partial charge in [0.05, 0.1) is 13.2 Å². The van der Waals surface area contributed by atoms with Gasteiger partial charge < -0.3 is 9.47 Å². The third-order valence-corrected chi connectivity index (χ3v) is 2.46. The van der Waals surface area contributed by atoms with Gasteiger partial charge in [-0.2, -0.15) is 10.3 Å². The summed E-state index contributed by atoms with van der Waals surface area (Å²) in [6.07, 6.45) is 0. The van der Waals surface area contributed by atoms with Crippen LogP contribution in [0, 0.1) is 0 Å². The van der Waals surface area contributed by atoms with Crippen molar-refractivity contribution in [2.24, 2.45) is 0 Å². The molecule has 0 saturated carbocycles. The van der Waals surface area contributed by atoms with Crippen molar-refractivity contribution >= 4 is 5.97 Å². The van der Waals surface area contributed by atoms with Crippen LogP contribution in [0.4, 0.5) is 0 Å². The Hall–Kier alpha value is -2.37. The maximum Gasteiger partial charge on any atom is 0.361 e. The highest BCUT2D eigenvalue weighted by molar-refractivity contribution is 5.93. The lowest BCUT2D eigenvalue weighted by Gasteiger charge is -2.04. The summed E-state index contributed by atoms with van der Waals surface area (Å²) in [5.41, 5.74) is 1.44. The predicted molar refractivity (Wildman–Crippen MR) is 68.9 cm³/mol. The average Bonchev–Trinajstić information content (AvgIpc) is 2.89. The monoisotopic (exact) mass is 261 g/mol. The first-order chi connectivity index (χ1) is 9.26. The minimum atomic E-state index is -0.486. The van der Waals surface area contributed by atoms with Crippen molar-refractivity contribution < 1.29 is 14.3 Å². The van der Waals surface area contributed by atoms with Crippen LogP contribution < -0.4 is 4.74 Å². The molecular weight excluding hydrogens is 246 g/mol. The zero-order valence-electron chi connectivity index (χ0n) is 10.8. The molecule has 0 spiro atoms. The maximum absolute atomic E-state index is 11.7. The standard InChI is InChI=1S/C13H15N3O3/c1-3-18-10-7-5-9(6-8-10)11-12(15-16-14-11)13(17)19-4-2/h5-8H,3-4H2,1-2H3,(H,14,15,16). The molecule has 2 aromatic rings. The largest absolute Gasteiger partial charge is 0.494 e. The first-order valence-corrected chi connectivity index (χ1v) is 6.07. The van der Waals surface area contributed by atoms with E-state index in [1.807, 2.05) is 31.2 Å². The van der Waals surface area contributed by atoms with Gasteiger partial charge in [-0.25, -0.2) is 4.79 Å². The Balaban J connectivity index is 2.26. The topological polar surface area (TPSA) is 77.1 Å². The number of benzene rings is 1. The van der Waals surface area contributed by atoms with Crippen LogP contribution in [0.3, 0.4) is 0 Å². The van der Waals surface area contributed by atoms with E-state index in [0.29, 0.717) is 18.9 Å². The van der Waals surface area contributed by atoms with E-state index in [1.165, 1.54) is 0 Å². The summed E-state index contributed by atoms with van der Waals surface area (Å²) in [6.45, 7) is 4.57. The summed E-state index contributed by atoms with van der Waals surface area (Å²) in [4.78, 5) is 11.7. The van der Waals surface area contributed by atoms with E-state index < -0.39 is 5.97 Å². The minimum Gasteiger partial charge on any atom is -0.494 e. The van der Waals surface area contributed by atoms with Crippen molar-refractivity contribution in [2.75, 3.05) is 13.2 Å². The fraction of sp³-hybridized carbons (Fsp3) is 0.308. The third kappa shape index (κ3) is 2.90. The summed E-state index contributed by atoms with van der Waals surface area (Å²) >= 11 is 0. The van der Waals surface area contributed by atoms with E-state index >= 15 is 0 Å². The van der Waals surface area contributed by atoms with Crippen LogP contribution in [0.2, 0.25) is 0 Å². The number of H-pyrrole nitrogens is 1. The summed E-state index contributed by atoms with van der Waals surface area (Å²) in [5, 5.41) is 10.3. The number of ether oxygens (including phenoxy) is 2. The number of hydrogen-bond acceptors (Lipinski definition) is 5. The molecule has 0 atom stereocenters.